The quantitative estimate of drug-likeness (QED) is 0.640. The Labute approximate surface area is 151 Å². The van der Waals surface area contributed by atoms with Gasteiger partial charge in [-0.05, 0) is 35.7 Å². The van der Waals surface area contributed by atoms with Gasteiger partial charge < -0.3 is 10.4 Å². The number of nitrogens with one attached hydrogen (secondary N) is 2. The first-order valence-electron chi connectivity index (χ1n) is 8.75. The molecule has 2 heterocycles. The number of H-pyrrole nitrogens is 1. The molecule has 1 amide bonds. The number of carbonyl (C=O) groups is 1. The van der Waals surface area contributed by atoms with Crippen molar-refractivity contribution in [3.05, 3.63) is 59.2 Å². The predicted molar refractivity (Wildman–Crippen MR) is 97.7 cm³/mol. The fraction of sp³-hybridized carbons (Fsp3) is 0.316. The average Bonchev–Trinajstić information content (AvgIpc) is 3.14. The number of fused-ring (bicyclic) bond motifs is 2. The first-order valence-corrected chi connectivity index (χ1v) is 8.75. The predicted octanol–water partition coefficient (Wildman–Crippen LogP) is 1.11. The minimum absolute atomic E-state index is 0.216. The van der Waals surface area contributed by atoms with E-state index < -0.39 is 6.10 Å². The van der Waals surface area contributed by atoms with Crippen LogP contribution in [0, 0.1) is 0 Å². The number of β-amino-alcohol motifs (C(OH)–C–C–N with tert-alkyl or cyclic N) is 1. The molecule has 0 bridgehead atoms. The van der Waals surface area contributed by atoms with Gasteiger partial charge in [0.05, 0.1) is 11.6 Å². The van der Waals surface area contributed by atoms with Crippen molar-refractivity contribution in [1.29, 1.82) is 0 Å². The van der Waals surface area contributed by atoms with Crippen LogP contribution >= 0.6 is 0 Å². The summed E-state index contributed by atoms with van der Waals surface area (Å²) < 4.78 is 0. The number of aliphatic hydroxyl groups excluding tert-OH is 1. The molecule has 7 nitrogen and oxygen atoms in total. The summed E-state index contributed by atoms with van der Waals surface area (Å²) in [4.78, 5) is 14.5. The Hall–Kier alpha value is -2.77. The number of benzene rings is 2. The van der Waals surface area contributed by atoms with Crippen LogP contribution in [-0.2, 0) is 13.0 Å². The van der Waals surface area contributed by atoms with Gasteiger partial charge in [-0.3, -0.25) is 14.8 Å². The van der Waals surface area contributed by atoms with E-state index in [2.05, 4.69) is 43.8 Å². The largest absolute Gasteiger partial charge is 0.390 e. The zero-order valence-corrected chi connectivity index (χ0v) is 14.4. The molecule has 0 spiro atoms. The Morgan fingerprint density at radius 1 is 1.27 bits per heavy atom. The first-order chi connectivity index (χ1) is 12.7. The third-order valence-electron chi connectivity index (χ3n) is 4.77. The van der Waals surface area contributed by atoms with E-state index in [0.717, 1.165) is 25.0 Å². The molecule has 0 saturated heterocycles. The van der Waals surface area contributed by atoms with Crippen molar-refractivity contribution in [3.63, 3.8) is 0 Å². The summed E-state index contributed by atoms with van der Waals surface area (Å²) >= 11 is 0. The average molecular weight is 351 g/mol. The number of aromatic nitrogens is 3. The maximum atomic E-state index is 12.3. The molecule has 3 aromatic rings. The van der Waals surface area contributed by atoms with Gasteiger partial charge in [0, 0.05) is 31.7 Å². The van der Waals surface area contributed by atoms with Gasteiger partial charge in [-0.1, -0.05) is 29.5 Å². The van der Waals surface area contributed by atoms with Crippen LogP contribution < -0.4 is 5.32 Å². The highest BCUT2D eigenvalue weighted by atomic mass is 16.3. The van der Waals surface area contributed by atoms with Crippen molar-refractivity contribution in [2.75, 3.05) is 19.6 Å². The summed E-state index contributed by atoms with van der Waals surface area (Å²) in [5, 5.41) is 23.5. The summed E-state index contributed by atoms with van der Waals surface area (Å²) in [7, 11) is 0. The lowest BCUT2D eigenvalue weighted by molar-refractivity contribution is 0.0842. The summed E-state index contributed by atoms with van der Waals surface area (Å²) in [5.41, 5.74) is 4.63. The highest BCUT2D eigenvalue weighted by Gasteiger charge is 2.19. The Morgan fingerprint density at radius 2 is 2.12 bits per heavy atom. The van der Waals surface area contributed by atoms with Crippen LogP contribution in [0.3, 0.4) is 0 Å². The van der Waals surface area contributed by atoms with Crippen LogP contribution in [0.15, 0.2) is 42.5 Å². The second-order valence-electron chi connectivity index (χ2n) is 6.66. The second-order valence-corrected chi connectivity index (χ2v) is 6.66. The van der Waals surface area contributed by atoms with Crippen molar-refractivity contribution >= 4 is 16.9 Å². The molecule has 0 aliphatic carbocycles. The topological polar surface area (TPSA) is 94.1 Å². The van der Waals surface area contributed by atoms with Crippen LogP contribution in [0.1, 0.15) is 21.5 Å². The molecule has 134 valence electrons. The number of nitrogens with zero attached hydrogens (tertiary/aromatic N) is 3. The smallest absolute Gasteiger partial charge is 0.251 e. The van der Waals surface area contributed by atoms with Gasteiger partial charge in [-0.25, -0.2) is 0 Å². The SMILES string of the molecule is O=C(NC[C@H](O)CN1CCc2ccccc2C1)c1ccc2[nH]nnc2c1. The van der Waals surface area contributed by atoms with E-state index in [-0.39, 0.29) is 12.5 Å². The molecular formula is C19H21N5O2. The molecule has 1 atom stereocenters. The summed E-state index contributed by atoms with van der Waals surface area (Å²) in [5.74, 6) is -0.224. The van der Waals surface area contributed by atoms with Gasteiger partial charge in [0.15, 0.2) is 0 Å². The molecule has 0 saturated carbocycles. The van der Waals surface area contributed by atoms with Crippen molar-refractivity contribution in [3.8, 4) is 0 Å². The monoisotopic (exact) mass is 351 g/mol. The Bertz CT molecular complexity index is 923. The van der Waals surface area contributed by atoms with E-state index in [9.17, 15) is 9.90 Å². The molecule has 0 radical (unpaired) electrons. The summed E-state index contributed by atoms with van der Waals surface area (Å²) in [6.45, 7) is 2.51. The minimum Gasteiger partial charge on any atom is -0.390 e. The van der Waals surface area contributed by atoms with Crippen molar-refractivity contribution in [2.24, 2.45) is 0 Å². The summed E-state index contributed by atoms with van der Waals surface area (Å²) in [6.07, 6.45) is 0.382. The molecule has 1 aliphatic rings. The standard InChI is InChI=1S/C19H21N5O2/c25-16(12-24-8-7-13-3-1-2-4-15(13)11-24)10-20-19(26)14-5-6-17-18(9-14)22-23-21-17/h1-6,9,16,25H,7-8,10-12H2,(H,20,26)(H,21,22,23)/t16-/m0/s1. The molecular weight excluding hydrogens is 330 g/mol. The number of hydrogen-bond donors (Lipinski definition) is 3. The zero-order chi connectivity index (χ0) is 17.9. The van der Waals surface area contributed by atoms with Gasteiger partial charge in [-0.15, -0.1) is 5.10 Å². The van der Waals surface area contributed by atoms with Crippen LogP contribution in [0.2, 0.25) is 0 Å². The number of amides is 1. The minimum atomic E-state index is -0.611. The van der Waals surface area contributed by atoms with Crippen LogP contribution in [0.25, 0.3) is 11.0 Å². The van der Waals surface area contributed by atoms with Crippen molar-refractivity contribution < 1.29 is 9.90 Å². The maximum absolute atomic E-state index is 12.3. The zero-order valence-electron chi connectivity index (χ0n) is 14.4. The van der Waals surface area contributed by atoms with Gasteiger partial charge in [0.25, 0.3) is 5.91 Å². The lowest BCUT2D eigenvalue weighted by Gasteiger charge is -2.30. The van der Waals surface area contributed by atoms with Crippen LogP contribution in [0.4, 0.5) is 0 Å². The third kappa shape index (κ3) is 3.58. The fourth-order valence-corrected chi connectivity index (χ4v) is 3.37. The van der Waals surface area contributed by atoms with Crippen molar-refractivity contribution in [1.82, 2.24) is 25.6 Å². The molecule has 2 aromatic carbocycles. The molecule has 7 heteroatoms. The molecule has 1 aliphatic heterocycles. The number of carbonyl (C=O) groups excluding carboxylic acids is 1. The second kappa shape index (κ2) is 7.23. The maximum Gasteiger partial charge on any atom is 0.251 e. The van der Waals surface area contributed by atoms with Gasteiger partial charge in [0.2, 0.25) is 0 Å². The number of hydrogen-bond acceptors (Lipinski definition) is 5. The van der Waals surface area contributed by atoms with Gasteiger partial charge >= 0.3 is 0 Å². The van der Waals surface area contributed by atoms with E-state index in [4.69, 9.17) is 0 Å². The number of rotatable bonds is 5. The third-order valence-corrected chi connectivity index (χ3v) is 4.77. The van der Waals surface area contributed by atoms with Crippen molar-refractivity contribution in [2.45, 2.75) is 19.1 Å². The highest BCUT2D eigenvalue weighted by molar-refractivity contribution is 5.97. The highest BCUT2D eigenvalue weighted by Crippen LogP contribution is 2.18. The number of aliphatic hydroxyl groups is 1. The molecule has 3 N–H and O–H groups in total. The van der Waals surface area contributed by atoms with E-state index in [1.54, 1.807) is 18.2 Å². The lowest BCUT2D eigenvalue weighted by atomic mass is 10.00. The van der Waals surface area contributed by atoms with E-state index in [1.165, 1.54) is 11.1 Å². The normalized spacial score (nSPS) is 15.6. The molecule has 1 aromatic heterocycles. The van der Waals surface area contributed by atoms with E-state index >= 15 is 0 Å². The van der Waals surface area contributed by atoms with Crippen LogP contribution in [0.5, 0.6) is 0 Å². The van der Waals surface area contributed by atoms with Gasteiger partial charge in [-0.2, -0.15) is 0 Å². The molecule has 26 heavy (non-hydrogen) atoms. The van der Waals surface area contributed by atoms with Gasteiger partial charge in [0.1, 0.15) is 5.52 Å². The van der Waals surface area contributed by atoms with E-state index in [1.807, 2.05) is 6.07 Å². The first kappa shape index (κ1) is 16.7. The molecule has 4 rings (SSSR count). The molecule has 0 fully saturated rings. The number of aromatic amines is 1. The Balaban J connectivity index is 1.30. The lowest BCUT2D eigenvalue weighted by Crippen LogP contribution is -2.42. The summed E-state index contributed by atoms with van der Waals surface area (Å²) in [6, 6.07) is 13.6. The van der Waals surface area contributed by atoms with Crippen LogP contribution in [-0.4, -0.2) is 57.1 Å². The Morgan fingerprint density at radius 3 is 3.00 bits per heavy atom. The fourth-order valence-electron chi connectivity index (χ4n) is 3.37. The Kier molecular flexibility index (Phi) is 4.64. The van der Waals surface area contributed by atoms with E-state index in [0.29, 0.717) is 17.6 Å². The molecule has 0 unspecified atom stereocenters.